The maximum absolute atomic E-state index is 14.2. The van der Waals surface area contributed by atoms with Crippen molar-refractivity contribution in [2.45, 2.75) is 0 Å². The van der Waals surface area contributed by atoms with Gasteiger partial charge in [0.15, 0.2) is 0 Å². The number of nitrogens with zero attached hydrogens (tertiary/aromatic N) is 3. The average molecular weight is 454 g/mol. The molecule has 1 amide bonds. The van der Waals surface area contributed by atoms with Gasteiger partial charge in [-0.15, -0.1) is 0 Å². The Morgan fingerprint density at radius 2 is 1.74 bits per heavy atom. The van der Waals surface area contributed by atoms with Crippen molar-refractivity contribution in [3.05, 3.63) is 109 Å². The predicted molar refractivity (Wildman–Crippen MR) is 124 cm³/mol. The van der Waals surface area contributed by atoms with Crippen LogP contribution in [0.1, 0.15) is 10.4 Å². The van der Waals surface area contributed by atoms with Gasteiger partial charge in [0, 0.05) is 47.4 Å². The lowest BCUT2D eigenvalue weighted by molar-refractivity contribution is 0.102. The molecule has 0 unspecified atom stereocenters. The lowest BCUT2D eigenvalue weighted by atomic mass is 10.2. The first-order chi connectivity index (χ1) is 16.5. The number of ether oxygens (including phenoxy) is 1. The number of carbonyl (C=O) groups is 1. The number of fused-ring (bicyclic) bond motifs is 1. The Kier molecular flexibility index (Phi) is 5.61. The van der Waals surface area contributed by atoms with Crippen molar-refractivity contribution in [2.24, 2.45) is 0 Å². The van der Waals surface area contributed by atoms with Crippen LogP contribution in [0.25, 0.3) is 22.3 Å². The fraction of sp³-hybridized carbons (Fsp3) is 0. The molecule has 0 saturated heterocycles. The summed E-state index contributed by atoms with van der Waals surface area (Å²) in [5.74, 6) is -1.13. The van der Waals surface area contributed by atoms with E-state index in [4.69, 9.17) is 4.74 Å². The molecular weight excluding hydrogens is 438 g/mol. The number of rotatable bonds is 5. The van der Waals surface area contributed by atoms with Gasteiger partial charge in [-0.1, -0.05) is 6.07 Å². The third-order valence-corrected chi connectivity index (χ3v) is 4.92. The third kappa shape index (κ3) is 4.71. The largest absolute Gasteiger partial charge is 0.457 e. The van der Waals surface area contributed by atoms with E-state index in [0.717, 1.165) is 17.7 Å². The van der Waals surface area contributed by atoms with E-state index in [1.165, 1.54) is 30.3 Å². The van der Waals surface area contributed by atoms with Crippen LogP contribution in [0, 0.1) is 11.6 Å². The Hall–Kier alpha value is -4.72. The molecule has 3 aromatic carbocycles. The molecule has 0 atom stereocenters. The van der Waals surface area contributed by atoms with Gasteiger partial charge in [-0.3, -0.25) is 14.8 Å². The van der Waals surface area contributed by atoms with Crippen molar-refractivity contribution < 1.29 is 18.3 Å². The summed E-state index contributed by atoms with van der Waals surface area (Å²) in [5, 5.41) is 2.55. The van der Waals surface area contributed by atoms with Crippen LogP contribution < -0.4 is 10.1 Å². The van der Waals surface area contributed by atoms with Gasteiger partial charge >= 0.3 is 0 Å². The minimum absolute atomic E-state index is 0.115. The van der Waals surface area contributed by atoms with Crippen LogP contribution in [-0.4, -0.2) is 20.9 Å². The van der Waals surface area contributed by atoms with Gasteiger partial charge in [-0.05, 0) is 48.5 Å². The van der Waals surface area contributed by atoms with E-state index in [1.54, 1.807) is 36.8 Å². The number of hydrogen-bond donors (Lipinski definition) is 1. The molecule has 34 heavy (non-hydrogen) atoms. The highest BCUT2D eigenvalue weighted by Crippen LogP contribution is 2.28. The topological polar surface area (TPSA) is 77.0 Å². The van der Waals surface area contributed by atoms with Crippen LogP contribution in [0.15, 0.2) is 91.4 Å². The molecule has 0 aliphatic rings. The average Bonchev–Trinajstić information content (AvgIpc) is 2.84. The van der Waals surface area contributed by atoms with E-state index in [-0.39, 0.29) is 17.0 Å². The molecule has 6 nitrogen and oxygen atoms in total. The Morgan fingerprint density at radius 1 is 0.824 bits per heavy atom. The standard InChI is InChI=1S/C26H16F2N4O2/c27-18-5-1-3-16(9-18)26(33)31-20-10-19(28)11-22(12-20)34-21-6-7-23-24(13-21)32-25(15-30-23)17-4-2-8-29-14-17/h1-15H,(H,31,33). The van der Waals surface area contributed by atoms with Crippen LogP contribution in [0.3, 0.4) is 0 Å². The normalized spacial score (nSPS) is 10.8. The maximum Gasteiger partial charge on any atom is 0.255 e. The molecule has 0 bridgehead atoms. The number of benzene rings is 3. The van der Waals surface area contributed by atoms with E-state index in [2.05, 4.69) is 20.3 Å². The number of hydrogen-bond acceptors (Lipinski definition) is 5. The molecule has 0 aliphatic heterocycles. The van der Waals surface area contributed by atoms with E-state index >= 15 is 0 Å². The lowest BCUT2D eigenvalue weighted by Crippen LogP contribution is -2.12. The number of halogens is 2. The van der Waals surface area contributed by atoms with Crippen molar-refractivity contribution in [2.75, 3.05) is 5.32 Å². The zero-order valence-electron chi connectivity index (χ0n) is 17.6. The van der Waals surface area contributed by atoms with Crippen molar-refractivity contribution in [3.8, 4) is 22.8 Å². The van der Waals surface area contributed by atoms with Crippen molar-refractivity contribution in [1.82, 2.24) is 15.0 Å². The molecular formula is C26H16F2N4O2. The molecule has 8 heteroatoms. The molecule has 5 rings (SSSR count). The second kappa shape index (κ2) is 9.03. The summed E-state index contributed by atoms with van der Waals surface area (Å²) in [7, 11) is 0. The number of carbonyl (C=O) groups excluding carboxylic acids is 1. The highest BCUT2D eigenvalue weighted by Gasteiger charge is 2.11. The number of nitrogens with one attached hydrogen (secondary N) is 1. The summed E-state index contributed by atoms with van der Waals surface area (Å²) >= 11 is 0. The van der Waals surface area contributed by atoms with Crippen LogP contribution in [-0.2, 0) is 0 Å². The molecule has 0 saturated carbocycles. The number of amides is 1. The highest BCUT2D eigenvalue weighted by atomic mass is 19.1. The van der Waals surface area contributed by atoms with Gasteiger partial charge in [-0.25, -0.2) is 13.8 Å². The van der Waals surface area contributed by atoms with Gasteiger partial charge in [0.2, 0.25) is 0 Å². The van der Waals surface area contributed by atoms with Gasteiger partial charge < -0.3 is 10.1 Å². The molecule has 0 spiro atoms. The molecule has 0 aliphatic carbocycles. The van der Waals surface area contributed by atoms with E-state index in [1.807, 2.05) is 12.1 Å². The van der Waals surface area contributed by atoms with E-state index in [9.17, 15) is 13.6 Å². The minimum atomic E-state index is -0.605. The summed E-state index contributed by atoms with van der Waals surface area (Å²) in [5.41, 5.74) is 3.03. The summed E-state index contributed by atoms with van der Waals surface area (Å²) in [6, 6.07) is 17.9. The fourth-order valence-electron chi connectivity index (χ4n) is 3.37. The first kappa shape index (κ1) is 21.1. The van der Waals surface area contributed by atoms with Gasteiger partial charge in [0.25, 0.3) is 5.91 Å². The highest BCUT2D eigenvalue weighted by molar-refractivity contribution is 6.04. The van der Waals surface area contributed by atoms with Crippen molar-refractivity contribution in [3.63, 3.8) is 0 Å². The Balaban J connectivity index is 1.39. The summed E-state index contributed by atoms with van der Waals surface area (Å²) < 4.78 is 33.4. The van der Waals surface area contributed by atoms with Crippen LogP contribution in [0.4, 0.5) is 14.5 Å². The van der Waals surface area contributed by atoms with Crippen LogP contribution in [0.2, 0.25) is 0 Å². The lowest BCUT2D eigenvalue weighted by Gasteiger charge is -2.10. The summed E-state index contributed by atoms with van der Waals surface area (Å²) in [6.45, 7) is 0. The molecule has 2 heterocycles. The van der Waals surface area contributed by atoms with Crippen molar-refractivity contribution in [1.29, 1.82) is 0 Å². The molecule has 0 radical (unpaired) electrons. The maximum atomic E-state index is 14.2. The van der Waals surface area contributed by atoms with Gasteiger partial charge in [-0.2, -0.15) is 0 Å². The second-order valence-electron chi connectivity index (χ2n) is 7.39. The summed E-state index contributed by atoms with van der Waals surface area (Å²) in [4.78, 5) is 25.5. The first-order valence-electron chi connectivity index (χ1n) is 10.3. The zero-order valence-corrected chi connectivity index (χ0v) is 17.6. The molecule has 166 valence electrons. The smallest absolute Gasteiger partial charge is 0.255 e. The SMILES string of the molecule is O=C(Nc1cc(F)cc(Oc2ccc3ncc(-c4cccnc4)nc3c2)c1)c1cccc(F)c1. The van der Waals surface area contributed by atoms with Crippen molar-refractivity contribution >= 4 is 22.6 Å². The van der Waals surface area contributed by atoms with Gasteiger partial charge in [0.1, 0.15) is 23.1 Å². The summed E-state index contributed by atoms with van der Waals surface area (Å²) in [6.07, 6.45) is 5.04. The Bertz CT molecular complexity index is 1510. The fourth-order valence-corrected chi connectivity index (χ4v) is 3.37. The predicted octanol–water partition coefficient (Wildman–Crippen LogP) is 6.01. The molecule has 5 aromatic rings. The monoisotopic (exact) mass is 454 g/mol. The number of anilines is 1. The van der Waals surface area contributed by atoms with Crippen LogP contribution >= 0.6 is 0 Å². The number of pyridine rings is 1. The van der Waals surface area contributed by atoms with E-state index < -0.39 is 17.5 Å². The Morgan fingerprint density at radius 3 is 2.56 bits per heavy atom. The minimum Gasteiger partial charge on any atom is -0.457 e. The second-order valence-corrected chi connectivity index (χ2v) is 7.39. The molecule has 1 N–H and O–H groups in total. The number of aromatic nitrogens is 3. The van der Waals surface area contributed by atoms with E-state index in [0.29, 0.717) is 22.5 Å². The van der Waals surface area contributed by atoms with Crippen LogP contribution in [0.5, 0.6) is 11.5 Å². The van der Waals surface area contributed by atoms with Gasteiger partial charge in [0.05, 0.1) is 22.9 Å². The molecule has 2 aromatic heterocycles. The molecule has 0 fully saturated rings. The first-order valence-corrected chi connectivity index (χ1v) is 10.3. The third-order valence-electron chi connectivity index (χ3n) is 4.92. The Labute approximate surface area is 192 Å². The quantitative estimate of drug-likeness (QED) is 0.352. The zero-order chi connectivity index (χ0) is 23.5.